The average molecular weight is 264 g/mol. The second-order valence-electron chi connectivity index (χ2n) is 4.47. The lowest BCUT2D eigenvalue weighted by Gasteiger charge is -2.31. The van der Waals surface area contributed by atoms with E-state index in [1.807, 2.05) is 24.5 Å². The molecule has 2 heterocycles. The fourth-order valence-electron chi connectivity index (χ4n) is 2.16. The summed E-state index contributed by atoms with van der Waals surface area (Å²) in [4.78, 5) is 2.42. The van der Waals surface area contributed by atoms with E-state index in [0.29, 0.717) is 6.04 Å². The summed E-state index contributed by atoms with van der Waals surface area (Å²) in [6, 6.07) is 4.53. The third-order valence-electron chi connectivity index (χ3n) is 3.18. The van der Waals surface area contributed by atoms with Crippen molar-refractivity contribution >= 4 is 17.6 Å². The second kappa shape index (κ2) is 6.75. The molecule has 4 nitrogen and oxygen atoms in total. The summed E-state index contributed by atoms with van der Waals surface area (Å²) in [5.41, 5.74) is 0. The lowest BCUT2D eigenvalue weighted by molar-refractivity contribution is 0.240. The topological polar surface area (TPSA) is 41.0 Å². The van der Waals surface area contributed by atoms with E-state index in [1.54, 1.807) is 11.8 Å². The molecule has 0 aromatic carbocycles. The van der Waals surface area contributed by atoms with Gasteiger partial charge in [-0.1, -0.05) is 6.08 Å². The molecule has 0 radical (unpaired) electrons. The minimum atomic E-state index is 0.514. The number of aromatic nitrogens is 2. The summed E-state index contributed by atoms with van der Waals surface area (Å²) in [5, 5.41) is 12.7. The van der Waals surface area contributed by atoms with Gasteiger partial charge in [0.1, 0.15) is 10.8 Å². The zero-order valence-corrected chi connectivity index (χ0v) is 11.6. The number of anilines is 1. The Kier molecular flexibility index (Phi) is 5.01. The molecule has 0 amide bonds. The molecule has 1 aliphatic heterocycles. The number of nitrogens with zero attached hydrogens (tertiary/aromatic N) is 3. The number of hydrogen-bond acceptors (Lipinski definition) is 5. The minimum Gasteiger partial charge on any atom is -0.366 e. The first kappa shape index (κ1) is 13.4. The fraction of sp³-hybridized carbons (Fsp3) is 0.538. The summed E-state index contributed by atoms with van der Waals surface area (Å²) < 4.78 is 0. The molecule has 98 valence electrons. The zero-order chi connectivity index (χ0) is 12.8. The largest absolute Gasteiger partial charge is 0.366 e. The van der Waals surface area contributed by atoms with Gasteiger partial charge in [0, 0.05) is 25.7 Å². The summed E-state index contributed by atoms with van der Waals surface area (Å²) >= 11 is 1.61. The maximum atomic E-state index is 4.19. The summed E-state index contributed by atoms with van der Waals surface area (Å²) in [7, 11) is 0. The van der Waals surface area contributed by atoms with Crippen LogP contribution in [0, 0.1) is 0 Å². The van der Waals surface area contributed by atoms with Crippen LogP contribution in [0.4, 0.5) is 5.82 Å². The molecule has 1 N–H and O–H groups in total. The van der Waals surface area contributed by atoms with E-state index >= 15 is 0 Å². The first-order valence-corrected chi connectivity index (χ1v) is 7.52. The highest BCUT2D eigenvalue weighted by molar-refractivity contribution is 7.98. The third kappa shape index (κ3) is 3.71. The Labute approximate surface area is 113 Å². The summed E-state index contributed by atoms with van der Waals surface area (Å²) in [6.07, 6.45) is 6.28. The Balaban J connectivity index is 1.81. The highest BCUT2D eigenvalue weighted by Gasteiger charge is 2.18. The number of rotatable bonds is 5. The molecule has 1 aliphatic rings. The molecular weight excluding hydrogens is 244 g/mol. The van der Waals surface area contributed by atoms with Gasteiger partial charge in [-0.2, -0.15) is 0 Å². The van der Waals surface area contributed by atoms with Crippen LogP contribution in [0.2, 0.25) is 0 Å². The molecule has 1 aromatic rings. The number of nitrogens with one attached hydrogen (secondary N) is 1. The van der Waals surface area contributed by atoms with Gasteiger partial charge in [0.25, 0.3) is 0 Å². The van der Waals surface area contributed by atoms with Crippen LogP contribution in [-0.2, 0) is 0 Å². The lowest BCUT2D eigenvalue weighted by atomic mass is 10.1. The Morgan fingerprint density at radius 3 is 2.78 bits per heavy atom. The van der Waals surface area contributed by atoms with Crippen LogP contribution in [0.15, 0.2) is 29.8 Å². The van der Waals surface area contributed by atoms with E-state index in [1.165, 1.54) is 0 Å². The van der Waals surface area contributed by atoms with E-state index in [0.717, 1.165) is 43.3 Å². The predicted octanol–water partition coefficient (Wildman–Crippen LogP) is 2.26. The molecule has 0 unspecified atom stereocenters. The van der Waals surface area contributed by atoms with Crippen LogP contribution in [0.1, 0.15) is 12.8 Å². The van der Waals surface area contributed by atoms with Gasteiger partial charge in [0.2, 0.25) is 0 Å². The van der Waals surface area contributed by atoms with Crippen molar-refractivity contribution in [3.63, 3.8) is 0 Å². The maximum Gasteiger partial charge on any atom is 0.148 e. The third-order valence-corrected chi connectivity index (χ3v) is 3.81. The van der Waals surface area contributed by atoms with E-state index in [4.69, 9.17) is 0 Å². The van der Waals surface area contributed by atoms with Gasteiger partial charge in [-0.05, 0) is 31.2 Å². The number of likely N-dealkylation sites (tertiary alicyclic amines) is 1. The van der Waals surface area contributed by atoms with Crippen molar-refractivity contribution in [1.29, 1.82) is 0 Å². The highest BCUT2D eigenvalue weighted by Crippen LogP contribution is 2.16. The average Bonchev–Trinajstić information content (AvgIpc) is 2.42. The van der Waals surface area contributed by atoms with Crippen molar-refractivity contribution in [2.24, 2.45) is 0 Å². The number of piperidine rings is 1. The molecule has 1 saturated heterocycles. The molecule has 1 fully saturated rings. The predicted molar refractivity (Wildman–Crippen MR) is 77.1 cm³/mol. The van der Waals surface area contributed by atoms with Gasteiger partial charge in [0.15, 0.2) is 0 Å². The monoisotopic (exact) mass is 264 g/mol. The molecule has 0 aliphatic carbocycles. The zero-order valence-electron chi connectivity index (χ0n) is 10.8. The Bertz CT molecular complexity index is 371. The van der Waals surface area contributed by atoms with E-state index in [-0.39, 0.29) is 0 Å². The van der Waals surface area contributed by atoms with E-state index in [2.05, 4.69) is 27.0 Å². The summed E-state index contributed by atoms with van der Waals surface area (Å²) in [6.45, 7) is 7.03. The standard InChI is InChI=1S/C13H20N4S/c1-3-8-17-9-6-11(7-10-17)14-12-4-5-13(18-2)16-15-12/h3-5,11H,1,6-10H2,2H3,(H,14,15). The molecule has 0 atom stereocenters. The minimum absolute atomic E-state index is 0.514. The van der Waals surface area contributed by atoms with E-state index < -0.39 is 0 Å². The molecular formula is C13H20N4S. The maximum absolute atomic E-state index is 4.19. The van der Waals surface area contributed by atoms with Crippen molar-refractivity contribution < 1.29 is 0 Å². The van der Waals surface area contributed by atoms with Crippen molar-refractivity contribution in [1.82, 2.24) is 15.1 Å². The molecule has 0 spiro atoms. The number of hydrogen-bond donors (Lipinski definition) is 1. The second-order valence-corrected chi connectivity index (χ2v) is 5.30. The van der Waals surface area contributed by atoms with Crippen LogP contribution < -0.4 is 5.32 Å². The Morgan fingerprint density at radius 1 is 1.44 bits per heavy atom. The first-order chi connectivity index (χ1) is 8.81. The van der Waals surface area contributed by atoms with Gasteiger partial charge >= 0.3 is 0 Å². The van der Waals surface area contributed by atoms with Crippen molar-refractivity contribution in [3.8, 4) is 0 Å². The quantitative estimate of drug-likeness (QED) is 0.652. The van der Waals surface area contributed by atoms with Crippen molar-refractivity contribution in [2.45, 2.75) is 23.9 Å². The van der Waals surface area contributed by atoms with E-state index in [9.17, 15) is 0 Å². The van der Waals surface area contributed by atoms with Gasteiger partial charge in [-0.25, -0.2) is 0 Å². The highest BCUT2D eigenvalue weighted by atomic mass is 32.2. The molecule has 2 rings (SSSR count). The van der Waals surface area contributed by atoms with Gasteiger partial charge < -0.3 is 5.32 Å². The van der Waals surface area contributed by atoms with Crippen molar-refractivity contribution in [3.05, 3.63) is 24.8 Å². The van der Waals surface area contributed by atoms with Crippen LogP contribution in [0.25, 0.3) is 0 Å². The normalized spacial score (nSPS) is 17.6. The van der Waals surface area contributed by atoms with Crippen molar-refractivity contribution in [2.75, 3.05) is 31.2 Å². The van der Waals surface area contributed by atoms with Crippen LogP contribution in [0.5, 0.6) is 0 Å². The van der Waals surface area contributed by atoms with Gasteiger partial charge in [0.05, 0.1) is 0 Å². The van der Waals surface area contributed by atoms with Gasteiger partial charge in [-0.15, -0.1) is 28.5 Å². The lowest BCUT2D eigenvalue weighted by Crippen LogP contribution is -2.39. The molecule has 5 heteroatoms. The molecule has 0 saturated carbocycles. The Hall–Kier alpha value is -1.07. The molecule has 18 heavy (non-hydrogen) atoms. The van der Waals surface area contributed by atoms with Crippen LogP contribution in [0.3, 0.4) is 0 Å². The smallest absolute Gasteiger partial charge is 0.148 e. The molecule has 1 aromatic heterocycles. The first-order valence-electron chi connectivity index (χ1n) is 6.29. The molecule has 0 bridgehead atoms. The van der Waals surface area contributed by atoms with Gasteiger partial charge in [-0.3, -0.25) is 4.90 Å². The Morgan fingerprint density at radius 2 is 2.22 bits per heavy atom. The van der Waals surface area contributed by atoms with Crippen LogP contribution in [-0.4, -0.2) is 47.0 Å². The fourth-order valence-corrected chi connectivity index (χ4v) is 2.48. The SMILES string of the molecule is C=CCN1CCC(Nc2ccc(SC)nn2)CC1. The summed E-state index contributed by atoms with van der Waals surface area (Å²) in [5.74, 6) is 0.884. The van der Waals surface area contributed by atoms with Crippen LogP contribution >= 0.6 is 11.8 Å². The number of thioether (sulfide) groups is 1.